The summed E-state index contributed by atoms with van der Waals surface area (Å²) in [4.78, 5) is 0. The Hall–Kier alpha value is -2.11. The van der Waals surface area contributed by atoms with Gasteiger partial charge in [-0.2, -0.15) is 5.10 Å². The Morgan fingerprint density at radius 1 is 1.35 bits per heavy atom. The van der Waals surface area contributed by atoms with E-state index in [1.165, 1.54) is 0 Å². The number of halogens is 2. The standard InChI is InChI=1S/C14H16F2N4/c1-8-2-12(17)13(18)3-11(8)9-5-19-20(6-9)7-10-4-14(10,15)16/h2-3,5-6,10H,4,7,17-18H2,1H3. The number of hydrogen-bond donors (Lipinski definition) is 2. The summed E-state index contributed by atoms with van der Waals surface area (Å²) in [5.74, 6) is -3.11. The van der Waals surface area contributed by atoms with Crippen LogP contribution in [-0.2, 0) is 6.54 Å². The number of alkyl halides is 2. The molecule has 0 spiro atoms. The SMILES string of the molecule is Cc1cc(N)c(N)cc1-c1cnn(CC2CC2(F)F)c1. The van der Waals surface area contributed by atoms with Crippen molar-refractivity contribution in [1.82, 2.24) is 9.78 Å². The number of benzene rings is 1. The quantitative estimate of drug-likeness (QED) is 0.848. The predicted molar refractivity (Wildman–Crippen MR) is 74.3 cm³/mol. The maximum Gasteiger partial charge on any atom is 0.253 e. The zero-order chi connectivity index (χ0) is 14.5. The molecule has 0 amide bonds. The lowest BCUT2D eigenvalue weighted by atomic mass is 10.0. The third-order valence-corrected chi connectivity index (χ3v) is 3.74. The summed E-state index contributed by atoms with van der Waals surface area (Å²) < 4.78 is 27.4. The lowest BCUT2D eigenvalue weighted by molar-refractivity contribution is 0.0942. The molecule has 1 aromatic carbocycles. The van der Waals surface area contributed by atoms with Crippen molar-refractivity contribution in [1.29, 1.82) is 0 Å². The first-order valence-corrected chi connectivity index (χ1v) is 6.43. The third-order valence-electron chi connectivity index (χ3n) is 3.74. The Balaban J connectivity index is 1.85. The summed E-state index contributed by atoms with van der Waals surface area (Å²) in [6, 6.07) is 3.59. The lowest BCUT2D eigenvalue weighted by Gasteiger charge is -2.07. The van der Waals surface area contributed by atoms with Gasteiger partial charge in [-0.1, -0.05) is 0 Å². The van der Waals surface area contributed by atoms with Crippen LogP contribution < -0.4 is 11.5 Å². The van der Waals surface area contributed by atoms with Gasteiger partial charge in [0.15, 0.2) is 0 Å². The van der Waals surface area contributed by atoms with Gasteiger partial charge in [0.05, 0.1) is 17.6 Å². The van der Waals surface area contributed by atoms with Crippen LogP contribution in [0.5, 0.6) is 0 Å². The third kappa shape index (κ3) is 2.21. The van der Waals surface area contributed by atoms with Crippen LogP contribution in [0.3, 0.4) is 0 Å². The van der Waals surface area contributed by atoms with Crippen molar-refractivity contribution < 1.29 is 8.78 Å². The van der Waals surface area contributed by atoms with Crippen LogP contribution in [0, 0.1) is 12.8 Å². The smallest absolute Gasteiger partial charge is 0.253 e. The fraction of sp³-hybridized carbons (Fsp3) is 0.357. The number of aromatic nitrogens is 2. The van der Waals surface area contributed by atoms with Gasteiger partial charge in [-0.25, -0.2) is 8.78 Å². The second-order valence-electron chi connectivity index (χ2n) is 5.41. The number of nitrogens with zero attached hydrogens (tertiary/aromatic N) is 2. The number of nitrogen functional groups attached to an aromatic ring is 2. The van der Waals surface area contributed by atoms with Gasteiger partial charge in [0.25, 0.3) is 5.92 Å². The van der Waals surface area contributed by atoms with Crippen LogP contribution in [-0.4, -0.2) is 15.7 Å². The normalized spacial score (nSPS) is 20.1. The molecule has 20 heavy (non-hydrogen) atoms. The maximum atomic E-state index is 12.9. The molecule has 6 heteroatoms. The van der Waals surface area contributed by atoms with Gasteiger partial charge in [-0.05, 0) is 30.2 Å². The molecule has 0 bridgehead atoms. The van der Waals surface area contributed by atoms with Crippen LogP contribution in [0.2, 0.25) is 0 Å². The van der Waals surface area contributed by atoms with E-state index in [0.717, 1.165) is 16.7 Å². The minimum absolute atomic E-state index is 0.0456. The van der Waals surface area contributed by atoms with Crippen molar-refractivity contribution in [3.63, 3.8) is 0 Å². The fourth-order valence-electron chi connectivity index (χ4n) is 2.35. The van der Waals surface area contributed by atoms with Crippen molar-refractivity contribution in [3.8, 4) is 11.1 Å². The Morgan fingerprint density at radius 3 is 2.65 bits per heavy atom. The maximum absolute atomic E-state index is 12.9. The molecule has 106 valence electrons. The van der Waals surface area contributed by atoms with Gasteiger partial charge in [0.1, 0.15) is 0 Å². The van der Waals surface area contributed by atoms with Crippen molar-refractivity contribution in [2.24, 2.45) is 5.92 Å². The van der Waals surface area contributed by atoms with E-state index in [0.29, 0.717) is 11.4 Å². The summed E-state index contributed by atoms with van der Waals surface area (Å²) >= 11 is 0. The second-order valence-corrected chi connectivity index (χ2v) is 5.41. The molecule has 4 N–H and O–H groups in total. The average Bonchev–Trinajstić information content (AvgIpc) is 2.76. The molecule has 1 saturated carbocycles. The lowest BCUT2D eigenvalue weighted by Crippen LogP contribution is -2.05. The van der Waals surface area contributed by atoms with Crippen molar-refractivity contribution in [2.45, 2.75) is 25.8 Å². The molecule has 4 nitrogen and oxygen atoms in total. The van der Waals surface area contributed by atoms with E-state index in [9.17, 15) is 8.78 Å². The summed E-state index contributed by atoms with van der Waals surface area (Å²) in [7, 11) is 0. The van der Waals surface area contributed by atoms with Gasteiger partial charge in [-0.15, -0.1) is 0 Å². The van der Waals surface area contributed by atoms with E-state index >= 15 is 0 Å². The van der Waals surface area contributed by atoms with Gasteiger partial charge >= 0.3 is 0 Å². The van der Waals surface area contributed by atoms with Gasteiger partial charge in [-0.3, -0.25) is 4.68 Å². The largest absolute Gasteiger partial charge is 0.397 e. The molecule has 0 saturated heterocycles. The monoisotopic (exact) mass is 278 g/mol. The first-order valence-electron chi connectivity index (χ1n) is 6.43. The highest BCUT2D eigenvalue weighted by Gasteiger charge is 2.56. The molecular weight excluding hydrogens is 262 g/mol. The van der Waals surface area contributed by atoms with Crippen LogP contribution in [0.15, 0.2) is 24.5 Å². The molecular formula is C14H16F2N4. The highest BCUT2D eigenvalue weighted by atomic mass is 19.3. The fourth-order valence-corrected chi connectivity index (χ4v) is 2.35. The van der Waals surface area contributed by atoms with Crippen molar-refractivity contribution in [3.05, 3.63) is 30.1 Å². The number of rotatable bonds is 3. The Kier molecular flexibility index (Phi) is 2.70. The van der Waals surface area contributed by atoms with Crippen molar-refractivity contribution in [2.75, 3.05) is 11.5 Å². The summed E-state index contributed by atoms with van der Waals surface area (Å²) in [6.45, 7) is 2.17. The van der Waals surface area contributed by atoms with Crippen LogP contribution in [0.1, 0.15) is 12.0 Å². The number of aryl methyl sites for hydroxylation is 1. The number of anilines is 2. The molecule has 0 aliphatic heterocycles. The second kappa shape index (κ2) is 4.19. The van der Waals surface area contributed by atoms with E-state index in [4.69, 9.17) is 11.5 Å². The Morgan fingerprint density at radius 2 is 2.00 bits per heavy atom. The summed E-state index contributed by atoms with van der Waals surface area (Å²) in [5.41, 5.74) is 15.4. The predicted octanol–water partition coefficient (Wildman–Crippen LogP) is 2.68. The molecule has 0 radical (unpaired) electrons. The number of nitrogens with two attached hydrogens (primary N) is 2. The van der Waals surface area contributed by atoms with Gasteiger partial charge < -0.3 is 11.5 Å². The molecule has 2 aromatic rings. The van der Waals surface area contributed by atoms with E-state index in [-0.39, 0.29) is 13.0 Å². The first kappa shape index (κ1) is 12.9. The minimum atomic E-state index is -2.52. The van der Waals surface area contributed by atoms with Crippen LogP contribution in [0.4, 0.5) is 20.2 Å². The average molecular weight is 278 g/mol. The zero-order valence-electron chi connectivity index (χ0n) is 11.1. The highest BCUT2D eigenvalue weighted by molar-refractivity contribution is 5.77. The Labute approximate surface area is 115 Å². The van der Waals surface area contributed by atoms with Crippen molar-refractivity contribution >= 4 is 11.4 Å². The van der Waals surface area contributed by atoms with Crippen LogP contribution >= 0.6 is 0 Å². The molecule has 1 aliphatic rings. The molecule has 1 aliphatic carbocycles. The number of hydrogen-bond acceptors (Lipinski definition) is 3. The highest BCUT2D eigenvalue weighted by Crippen LogP contribution is 2.49. The Bertz CT molecular complexity index is 663. The molecule has 1 fully saturated rings. The molecule has 1 unspecified atom stereocenters. The first-order chi connectivity index (χ1) is 9.37. The van der Waals surface area contributed by atoms with Gasteiger partial charge in [0.2, 0.25) is 0 Å². The summed E-state index contributed by atoms with van der Waals surface area (Å²) in [5, 5.41) is 4.14. The molecule has 1 heterocycles. The van der Waals surface area contributed by atoms with E-state index in [1.807, 2.05) is 6.92 Å². The summed E-state index contributed by atoms with van der Waals surface area (Å²) in [6.07, 6.45) is 3.39. The van der Waals surface area contributed by atoms with E-state index in [2.05, 4.69) is 5.10 Å². The molecule has 1 aromatic heterocycles. The minimum Gasteiger partial charge on any atom is -0.397 e. The topological polar surface area (TPSA) is 69.9 Å². The van der Waals surface area contributed by atoms with E-state index in [1.54, 1.807) is 29.2 Å². The zero-order valence-corrected chi connectivity index (χ0v) is 11.1. The van der Waals surface area contributed by atoms with E-state index < -0.39 is 11.8 Å². The van der Waals surface area contributed by atoms with Gasteiger partial charge in [0, 0.05) is 30.6 Å². The molecule has 3 rings (SSSR count). The van der Waals surface area contributed by atoms with Crippen LogP contribution in [0.25, 0.3) is 11.1 Å². The molecule has 1 atom stereocenters.